The Morgan fingerprint density at radius 3 is 2.37 bits per heavy atom. The zero-order valence-electron chi connectivity index (χ0n) is 25.1. The summed E-state index contributed by atoms with van der Waals surface area (Å²) < 4.78 is 5.30. The summed E-state index contributed by atoms with van der Waals surface area (Å²) in [5.41, 5.74) is 12.7. The van der Waals surface area contributed by atoms with Crippen LogP contribution in [0.15, 0.2) is 71.8 Å². The Morgan fingerprint density at radius 1 is 1.09 bits per heavy atom. The lowest BCUT2D eigenvalue weighted by molar-refractivity contribution is -0.131. The summed E-state index contributed by atoms with van der Waals surface area (Å²) >= 11 is 6.01. The van der Waals surface area contributed by atoms with Gasteiger partial charge in [-0.25, -0.2) is 0 Å². The van der Waals surface area contributed by atoms with Crippen molar-refractivity contribution in [2.24, 2.45) is 16.9 Å². The number of aliphatic hydroxyl groups is 1. The van der Waals surface area contributed by atoms with Gasteiger partial charge < -0.3 is 31.5 Å². The van der Waals surface area contributed by atoms with Crippen LogP contribution in [0.4, 0.5) is 0 Å². The van der Waals surface area contributed by atoms with Gasteiger partial charge in [-0.1, -0.05) is 55.8 Å². The minimum absolute atomic E-state index is 0.0266. The molecule has 0 fully saturated rings. The molecule has 43 heavy (non-hydrogen) atoms. The van der Waals surface area contributed by atoms with Gasteiger partial charge in [0.05, 0.1) is 18.6 Å². The molecule has 3 atom stereocenters. The van der Waals surface area contributed by atoms with E-state index >= 15 is 0 Å². The van der Waals surface area contributed by atoms with Gasteiger partial charge in [-0.2, -0.15) is 0 Å². The highest BCUT2D eigenvalue weighted by molar-refractivity contribution is 6.30. The molecular weight excluding hydrogens is 568 g/mol. The first-order chi connectivity index (χ1) is 20.5. The highest BCUT2D eigenvalue weighted by Crippen LogP contribution is 2.40. The summed E-state index contributed by atoms with van der Waals surface area (Å²) in [6, 6.07) is 13.7. The molecule has 1 unspecified atom stereocenters. The van der Waals surface area contributed by atoms with Gasteiger partial charge in [0.15, 0.2) is 0 Å². The minimum atomic E-state index is -1.47. The molecule has 3 amide bonds. The van der Waals surface area contributed by atoms with Gasteiger partial charge in [0.2, 0.25) is 17.7 Å². The predicted molar refractivity (Wildman–Crippen MR) is 168 cm³/mol. The Hall–Kier alpha value is -3.66. The first-order valence-corrected chi connectivity index (χ1v) is 15.0. The van der Waals surface area contributed by atoms with Crippen molar-refractivity contribution in [1.29, 1.82) is 0 Å². The lowest BCUT2D eigenvalue weighted by Crippen LogP contribution is -2.48. The number of benzene rings is 2. The number of aliphatic hydroxyl groups excluding tert-OH is 1. The topological polar surface area (TPSA) is 148 Å². The first-order valence-electron chi connectivity index (χ1n) is 14.6. The van der Waals surface area contributed by atoms with Crippen LogP contribution in [0.3, 0.4) is 0 Å². The standard InChI is InChI=1S/C33H43ClN4O5/c1-4-13-38(14-5-2)31(41)25-17-24(30(36)40)18-33(19-25,32(42)37-21-23-7-6-8-27(15-23)43-3)20-29(39)28(35)16-22-9-11-26(34)12-10-22/h6-12,15,17-18,28-29,39H,4-5,13-14,16,19-21,35H2,1-3H3,(H2,36,40)(H,37,42)/t28-,29+,33?/m0/s1. The average molecular weight is 611 g/mol. The van der Waals surface area contributed by atoms with E-state index in [2.05, 4.69) is 5.32 Å². The smallest absolute Gasteiger partial charge is 0.249 e. The summed E-state index contributed by atoms with van der Waals surface area (Å²) in [6.45, 7) is 5.19. The molecule has 0 aliphatic heterocycles. The van der Waals surface area contributed by atoms with Gasteiger partial charge in [-0.3, -0.25) is 14.4 Å². The molecule has 2 aromatic carbocycles. The van der Waals surface area contributed by atoms with E-state index in [1.54, 1.807) is 36.3 Å². The number of primary amides is 1. The maximum Gasteiger partial charge on any atom is 0.249 e. The van der Waals surface area contributed by atoms with Crippen molar-refractivity contribution in [1.82, 2.24) is 10.2 Å². The Labute approximate surface area is 258 Å². The lowest BCUT2D eigenvalue weighted by atomic mass is 9.70. The van der Waals surface area contributed by atoms with E-state index in [0.717, 1.165) is 24.0 Å². The van der Waals surface area contributed by atoms with Crippen LogP contribution in [0.5, 0.6) is 5.75 Å². The number of carbonyl (C=O) groups excluding carboxylic acids is 3. The lowest BCUT2D eigenvalue weighted by Gasteiger charge is -2.37. The van der Waals surface area contributed by atoms with Crippen LogP contribution in [0.1, 0.15) is 50.7 Å². The van der Waals surface area contributed by atoms with Gasteiger partial charge in [-0.05, 0) is 73.6 Å². The SMILES string of the molecule is CCCN(CCC)C(=O)C1=CC(C(N)=O)=CC(C[C@@H](O)[C@@H](N)Cc2ccc(Cl)cc2)(C(=O)NCc2cccc(OC)c2)C1. The zero-order chi connectivity index (χ0) is 31.6. The van der Waals surface area contributed by atoms with Crippen LogP contribution in [-0.2, 0) is 27.3 Å². The average Bonchev–Trinajstić information content (AvgIpc) is 3.00. The van der Waals surface area contributed by atoms with Gasteiger partial charge in [0, 0.05) is 41.8 Å². The number of methoxy groups -OCH3 is 1. The Bertz CT molecular complexity index is 1340. The van der Waals surface area contributed by atoms with E-state index in [0.29, 0.717) is 30.3 Å². The maximum atomic E-state index is 14.1. The quantitative estimate of drug-likeness (QED) is 0.242. The van der Waals surface area contributed by atoms with Crippen LogP contribution in [-0.4, -0.2) is 60.1 Å². The third-order valence-corrected chi connectivity index (χ3v) is 7.84. The Balaban J connectivity index is 1.97. The molecular formula is C33H43ClN4O5. The van der Waals surface area contributed by atoms with E-state index in [4.69, 9.17) is 27.8 Å². The summed E-state index contributed by atoms with van der Waals surface area (Å²) in [7, 11) is 1.56. The number of halogens is 1. The fraction of sp³-hybridized carbons (Fsp3) is 0.424. The molecule has 232 valence electrons. The Kier molecular flexibility index (Phi) is 12.4. The molecule has 6 N–H and O–H groups in total. The maximum absolute atomic E-state index is 14.1. The van der Waals surface area contributed by atoms with E-state index in [-0.39, 0.29) is 36.4 Å². The van der Waals surface area contributed by atoms with Crippen LogP contribution in [0.25, 0.3) is 0 Å². The number of nitrogens with zero attached hydrogens (tertiary/aromatic N) is 1. The van der Waals surface area contributed by atoms with Crippen molar-refractivity contribution < 1.29 is 24.2 Å². The van der Waals surface area contributed by atoms with E-state index < -0.39 is 29.4 Å². The van der Waals surface area contributed by atoms with Crippen molar-refractivity contribution in [3.8, 4) is 5.75 Å². The monoisotopic (exact) mass is 610 g/mol. The number of rotatable bonds is 15. The number of hydrogen-bond acceptors (Lipinski definition) is 6. The summed E-state index contributed by atoms with van der Waals surface area (Å²) in [5, 5.41) is 14.9. The normalized spacial score (nSPS) is 17.7. The molecule has 0 bridgehead atoms. The highest BCUT2D eigenvalue weighted by atomic mass is 35.5. The number of hydrogen-bond donors (Lipinski definition) is 4. The zero-order valence-corrected chi connectivity index (χ0v) is 25.9. The minimum Gasteiger partial charge on any atom is -0.497 e. The van der Waals surface area contributed by atoms with Crippen molar-refractivity contribution in [3.05, 3.63) is 88.0 Å². The first kappa shape index (κ1) is 33.8. The van der Waals surface area contributed by atoms with Crippen molar-refractivity contribution in [3.63, 3.8) is 0 Å². The van der Waals surface area contributed by atoms with Crippen molar-refractivity contribution in [2.75, 3.05) is 20.2 Å². The molecule has 1 aliphatic carbocycles. The highest BCUT2D eigenvalue weighted by Gasteiger charge is 2.44. The molecule has 0 aromatic heterocycles. The fourth-order valence-corrected chi connectivity index (χ4v) is 5.50. The van der Waals surface area contributed by atoms with Crippen LogP contribution >= 0.6 is 11.6 Å². The third-order valence-electron chi connectivity index (χ3n) is 7.59. The van der Waals surface area contributed by atoms with Gasteiger partial charge in [-0.15, -0.1) is 0 Å². The molecule has 0 saturated heterocycles. The molecule has 0 heterocycles. The molecule has 0 spiro atoms. The third kappa shape index (κ3) is 9.16. The summed E-state index contributed by atoms with van der Waals surface area (Å²) in [4.78, 5) is 42.1. The molecule has 2 aromatic rings. The largest absolute Gasteiger partial charge is 0.497 e. The van der Waals surface area contributed by atoms with Crippen LogP contribution in [0.2, 0.25) is 5.02 Å². The predicted octanol–water partition coefficient (Wildman–Crippen LogP) is 3.66. The molecule has 0 saturated carbocycles. The number of carbonyl (C=O) groups is 3. The molecule has 0 radical (unpaired) electrons. The van der Waals surface area contributed by atoms with E-state index in [1.165, 1.54) is 12.2 Å². The van der Waals surface area contributed by atoms with Crippen molar-refractivity contribution >= 4 is 29.3 Å². The number of amides is 3. The summed E-state index contributed by atoms with van der Waals surface area (Å²) in [6.07, 6.45) is 3.47. The molecule has 10 heteroatoms. The summed E-state index contributed by atoms with van der Waals surface area (Å²) in [5.74, 6) is -0.850. The van der Waals surface area contributed by atoms with Crippen LogP contribution < -0.4 is 21.5 Å². The number of nitrogens with one attached hydrogen (secondary N) is 1. The Morgan fingerprint density at radius 2 is 1.77 bits per heavy atom. The second-order valence-electron chi connectivity index (χ2n) is 11.1. The molecule has 9 nitrogen and oxygen atoms in total. The number of nitrogens with two attached hydrogens (primary N) is 2. The second kappa shape index (κ2) is 15.7. The van der Waals surface area contributed by atoms with Crippen LogP contribution in [0, 0.1) is 5.41 Å². The van der Waals surface area contributed by atoms with Gasteiger partial charge >= 0.3 is 0 Å². The van der Waals surface area contributed by atoms with E-state index in [1.807, 2.05) is 38.1 Å². The molecule has 1 aliphatic rings. The van der Waals surface area contributed by atoms with Gasteiger partial charge in [0.1, 0.15) is 5.75 Å². The second-order valence-corrected chi connectivity index (χ2v) is 11.5. The molecule has 3 rings (SSSR count). The fourth-order valence-electron chi connectivity index (χ4n) is 5.37. The van der Waals surface area contributed by atoms with Crippen molar-refractivity contribution in [2.45, 2.75) is 64.6 Å². The van der Waals surface area contributed by atoms with E-state index in [9.17, 15) is 19.5 Å². The van der Waals surface area contributed by atoms with Gasteiger partial charge in [0.25, 0.3) is 0 Å². The number of ether oxygens (including phenoxy) is 1.